The first kappa shape index (κ1) is 42.1. The number of anilines is 1. The van der Waals surface area contributed by atoms with Gasteiger partial charge in [0.1, 0.15) is 0 Å². The molecule has 4 heterocycles. The molecule has 1 aliphatic carbocycles. The Morgan fingerprint density at radius 2 is 0.985 bits per heavy atom. The highest BCUT2D eigenvalue weighted by atomic mass is 15.1. The van der Waals surface area contributed by atoms with Gasteiger partial charge in [-0.25, -0.2) is 0 Å². The first-order valence-corrected chi connectivity index (χ1v) is 24.6. The van der Waals surface area contributed by atoms with Crippen LogP contribution in [0.5, 0.6) is 0 Å². The lowest BCUT2D eigenvalue weighted by Crippen LogP contribution is -2.62. The fourth-order valence-electron chi connectivity index (χ4n) is 12.1. The number of hydrogen-bond acceptors (Lipinski definition) is 1. The molecule has 12 rings (SSSR count). The van der Waals surface area contributed by atoms with E-state index >= 15 is 0 Å². The Morgan fingerprint density at radius 3 is 1.64 bits per heavy atom. The van der Waals surface area contributed by atoms with Gasteiger partial charge in [0.05, 0.1) is 22.1 Å². The molecule has 0 spiro atoms. The molecule has 0 N–H and O–H groups in total. The van der Waals surface area contributed by atoms with Crippen molar-refractivity contribution in [2.45, 2.75) is 124 Å². The van der Waals surface area contributed by atoms with Gasteiger partial charge in [0.15, 0.2) is 0 Å². The quantitative estimate of drug-likeness (QED) is 0.158. The molecule has 2 aromatic heterocycles. The number of benzene rings is 7. The number of nitrogens with zero attached hydrogens (tertiary/aromatic N) is 3. The predicted octanol–water partition coefficient (Wildman–Crippen LogP) is 15.2. The van der Waals surface area contributed by atoms with Crippen molar-refractivity contribution in [3.8, 4) is 11.4 Å². The third-order valence-corrected chi connectivity index (χ3v) is 15.9. The SMILES string of the molecule is CC(C)(C)c1ccc(N2B3c4c(cc(C(C)(C)C)cc4-n4c5cc6c7cc(C(C)(C)C)ccc7n(-c7ccccc7)c6cc5c5cc(C(C)(C)C)cc3c54)C3=C2c2ccccc2C3(C)C)cc1. The highest BCUT2D eigenvalue weighted by molar-refractivity contribution is 6.94. The Kier molecular flexibility index (Phi) is 8.47. The van der Waals surface area contributed by atoms with Gasteiger partial charge in [-0.05, 0) is 132 Å². The van der Waals surface area contributed by atoms with Crippen molar-refractivity contribution in [1.29, 1.82) is 0 Å². The van der Waals surface area contributed by atoms with Gasteiger partial charge in [-0.3, -0.25) is 0 Å². The van der Waals surface area contributed by atoms with E-state index in [2.05, 4.69) is 244 Å². The van der Waals surface area contributed by atoms with E-state index in [4.69, 9.17) is 0 Å². The molecule has 0 saturated carbocycles. The summed E-state index contributed by atoms with van der Waals surface area (Å²) in [6.45, 7) is 33.1. The molecule has 3 aliphatic rings. The van der Waals surface area contributed by atoms with Crippen molar-refractivity contribution < 1.29 is 0 Å². The fourth-order valence-corrected chi connectivity index (χ4v) is 12.1. The van der Waals surface area contributed by atoms with Crippen molar-refractivity contribution in [2.24, 2.45) is 0 Å². The van der Waals surface area contributed by atoms with E-state index < -0.39 is 0 Å². The number of rotatable bonds is 2. The summed E-state index contributed by atoms with van der Waals surface area (Å²) >= 11 is 0. The zero-order valence-corrected chi connectivity index (χ0v) is 42.1. The zero-order chi connectivity index (χ0) is 47.1. The number of para-hydroxylation sites is 1. The number of allylic oxidation sites excluding steroid dienone is 1. The van der Waals surface area contributed by atoms with Gasteiger partial charge in [-0.2, -0.15) is 0 Å². The predicted molar refractivity (Wildman–Crippen MR) is 290 cm³/mol. The maximum Gasteiger partial charge on any atom is 0.333 e. The second-order valence-corrected chi connectivity index (χ2v) is 24.8. The summed E-state index contributed by atoms with van der Waals surface area (Å²) in [5, 5.41) is 5.20. The van der Waals surface area contributed by atoms with E-state index in [9.17, 15) is 0 Å². The van der Waals surface area contributed by atoms with Crippen LogP contribution in [-0.4, -0.2) is 16.0 Å². The van der Waals surface area contributed by atoms with Crippen LogP contribution in [0.1, 0.15) is 136 Å². The molecule has 0 atom stereocenters. The lowest BCUT2D eigenvalue weighted by molar-refractivity contribution is 0.589. The van der Waals surface area contributed by atoms with Gasteiger partial charge in [-0.15, -0.1) is 0 Å². The molecule has 67 heavy (non-hydrogen) atoms. The van der Waals surface area contributed by atoms with E-state index in [1.807, 2.05) is 0 Å². The minimum Gasteiger partial charge on any atom is -0.376 e. The fraction of sp³-hybridized carbons (Fsp3) is 0.302. The molecular formula is C63H64BN3. The van der Waals surface area contributed by atoms with Crippen LogP contribution in [0.3, 0.4) is 0 Å². The summed E-state index contributed by atoms with van der Waals surface area (Å²) in [6, 6.07) is 52.4. The lowest BCUT2D eigenvalue weighted by Gasteiger charge is -2.44. The minimum atomic E-state index is -0.234. The molecule has 0 radical (unpaired) electrons. The average molecular weight is 874 g/mol. The van der Waals surface area contributed by atoms with E-state index in [0.717, 1.165) is 0 Å². The van der Waals surface area contributed by atoms with Crippen LogP contribution in [0.25, 0.3) is 66.3 Å². The second-order valence-electron chi connectivity index (χ2n) is 24.8. The van der Waals surface area contributed by atoms with E-state index in [1.165, 1.54) is 122 Å². The smallest absolute Gasteiger partial charge is 0.333 e. The molecule has 0 amide bonds. The first-order chi connectivity index (χ1) is 31.5. The van der Waals surface area contributed by atoms with Crippen LogP contribution in [0.15, 0.2) is 133 Å². The Morgan fingerprint density at radius 1 is 0.433 bits per heavy atom. The summed E-state index contributed by atoms with van der Waals surface area (Å²) in [5.74, 6) is 0. The van der Waals surface area contributed by atoms with Crippen molar-refractivity contribution in [1.82, 2.24) is 9.13 Å². The molecule has 9 aromatic rings. The van der Waals surface area contributed by atoms with E-state index in [0.29, 0.717) is 0 Å². The van der Waals surface area contributed by atoms with Crippen LogP contribution >= 0.6 is 0 Å². The third-order valence-electron chi connectivity index (χ3n) is 15.9. The third kappa shape index (κ3) is 5.90. The maximum atomic E-state index is 2.77. The maximum absolute atomic E-state index is 2.77. The van der Waals surface area contributed by atoms with Gasteiger partial charge in [0, 0.05) is 55.3 Å². The minimum absolute atomic E-state index is 0.00900. The monoisotopic (exact) mass is 874 g/mol. The van der Waals surface area contributed by atoms with Crippen molar-refractivity contribution in [3.63, 3.8) is 0 Å². The first-order valence-electron chi connectivity index (χ1n) is 24.6. The van der Waals surface area contributed by atoms with Crippen LogP contribution in [0.2, 0.25) is 0 Å². The van der Waals surface area contributed by atoms with Gasteiger partial charge in [0.2, 0.25) is 0 Å². The van der Waals surface area contributed by atoms with Crippen LogP contribution < -0.4 is 15.7 Å². The highest BCUT2D eigenvalue weighted by Crippen LogP contribution is 2.56. The average Bonchev–Trinajstić information content (AvgIpc) is 3.86. The standard InChI is InChI=1S/C63H64BN3/c1-59(2,3)37-24-27-42(28-25-37)67-58-43-22-18-19-23-49(43)63(13,14)55(58)48-32-40(62(10,11)12)34-54-56(48)64(67)50-33-39(61(7,8)9)31-47-46-36-52-45(35-53(46)66(54)57(47)50)44-30-38(60(4,5)6)26-29-51(44)65(52)41-20-16-15-17-21-41/h15-36H,1-14H3. The molecule has 0 unspecified atom stereocenters. The zero-order valence-electron chi connectivity index (χ0n) is 42.1. The van der Waals surface area contributed by atoms with Gasteiger partial charge >= 0.3 is 6.85 Å². The summed E-state index contributed by atoms with van der Waals surface area (Å²) in [7, 11) is 0. The normalized spacial score (nSPS) is 15.6. The van der Waals surface area contributed by atoms with Crippen LogP contribution in [-0.2, 0) is 27.1 Å². The van der Waals surface area contributed by atoms with Gasteiger partial charge < -0.3 is 13.9 Å². The molecule has 2 aliphatic heterocycles. The Bertz CT molecular complexity index is 3620. The summed E-state index contributed by atoms with van der Waals surface area (Å²) < 4.78 is 5.21. The molecule has 7 aromatic carbocycles. The lowest BCUT2D eigenvalue weighted by atomic mass is 9.43. The van der Waals surface area contributed by atoms with Crippen LogP contribution in [0.4, 0.5) is 5.69 Å². The molecule has 4 heteroatoms. The molecule has 334 valence electrons. The van der Waals surface area contributed by atoms with E-state index in [-0.39, 0.29) is 33.9 Å². The molecule has 0 fully saturated rings. The molecular weight excluding hydrogens is 810 g/mol. The topological polar surface area (TPSA) is 13.1 Å². The van der Waals surface area contributed by atoms with Crippen molar-refractivity contribution >= 4 is 78.3 Å². The Hall–Kier alpha value is -6.26. The van der Waals surface area contributed by atoms with E-state index in [1.54, 1.807) is 0 Å². The molecule has 3 nitrogen and oxygen atoms in total. The molecule has 0 bridgehead atoms. The second kappa shape index (κ2) is 13.5. The summed E-state index contributed by atoms with van der Waals surface area (Å²) in [4.78, 5) is 2.77. The van der Waals surface area contributed by atoms with Crippen LogP contribution in [0, 0.1) is 0 Å². The number of hydrogen-bond donors (Lipinski definition) is 0. The summed E-state index contributed by atoms with van der Waals surface area (Å²) in [6.07, 6.45) is 0. The van der Waals surface area contributed by atoms with Gasteiger partial charge in [-0.1, -0.05) is 170 Å². The van der Waals surface area contributed by atoms with Crippen molar-refractivity contribution in [3.05, 3.63) is 172 Å². The number of fused-ring (bicyclic) bond motifs is 11. The highest BCUT2D eigenvalue weighted by Gasteiger charge is 2.52. The van der Waals surface area contributed by atoms with Gasteiger partial charge in [0.25, 0.3) is 0 Å². The molecule has 0 saturated heterocycles. The number of aromatic nitrogens is 2. The Balaban J connectivity index is 1.28. The Labute approximate surface area is 398 Å². The van der Waals surface area contributed by atoms with Crippen molar-refractivity contribution in [2.75, 3.05) is 4.81 Å². The largest absolute Gasteiger partial charge is 0.376 e. The summed E-state index contributed by atoms with van der Waals surface area (Å²) in [5.41, 5.74) is 23.5.